The van der Waals surface area contributed by atoms with Gasteiger partial charge in [0.15, 0.2) is 11.4 Å². The van der Waals surface area contributed by atoms with Crippen LogP contribution >= 0.6 is 0 Å². The van der Waals surface area contributed by atoms with Gasteiger partial charge in [-0.3, -0.25) is 9.59 Å². The number of Topliss-reactive ketones (excluding diaryl/α,β-unsaturated/α-hetero) is 1. The van der Waals surface area contributed by atoms with Crippen molar-refractivity contribution in [3.05, 3.63) is 53.6 Å². The number of aliphatic hydroxyl groups is 1. The van der Waals surface area contributed by atoms with Gasteiger partial charge in [-0.15, -0.1) is 0 Å². The molecule has 6 nitrogen and oxygen atoms in total. The van der Waals surface area contributed by atoms with Crippen LogP contribution in [0.15, 0.2) is 42.5 Å². The first-order chi connectivity index (χ1) is 13.0. The molecule has 1 amide bonds. The molecule has 1 N–H and O–H groups in total. The second kappa shape index (κ2) is 7.40. The van der Waals surface area contributed by atoms with Crippen LogP contribution in [0.4, 0.5) is 5.69 Å². The number of carbonyl (C=O) groups excluding carboxylic acids is 2. The van der Waals surface area contributed by atoms with E-state index in [1.807, 2.05) is 13.0 Å². The zero-order chi connectivity index (χ0) is 19.6. The van der Waals surface area contributed by atoms with Crippen molar-refractivity contribution in [2.24, 2.45) is 0 Å². The van der Waals surface area contributed by atoms with E-state index in [1.165, 1.54) is 14.2 Å². The predicted octanol–water partition coefficient (Wildman–Crippen LogP) is 2.92. The lowest BCUT2D eigenvalue weighted by Gasteiger charge is -2.23. The van der Waals surface area contributed by atoms with E-state index in [-0.39, 0.29) is 12.2 Å². The van der Waals surface area contributed by atoms with Crippen LogP contribution in [0.25, 0.3) is 0 Å². The number of nitrogens with zero attached hydrogens (tertiary/aromatic N) is 1. The van der Waals surface area contributed by atoms with E-state index >= 15 is 0 Å². The first-order valence-corrected chi connectivity index (χ1v) is 8.85. The molecule has 0 bridgehead atoms. The van der Waals surface area contributed by atoms with Gasteiger partial charge in [0, 0.05) is 18.2 Å². The van der Waals surface area contributed by atoms with Crippen molar-refractivity contribution in [2.45, 2.75) is 25.4 Å². The normalized spacial score (nSPS) is 18.4. The van der Waals surface area contributed by atoms with Crippen LogP contribution in [0.2, 0.25) is 0 Å². The van der Waals surface area contributed by atoms with E-state index in [2.05, 4.69) is 0 Å². The predicted molar refractivity (Wildman–Crippen MR) is 101 cm³/mol. The number of anilines is 1. The van der Waals surface area contributed by atoms with Gasteiger partial charge in [0.05, 0.1) is 31.9 Å². The van der Waals surface area contributed by atoms with Crippen LogP contribution in [-0.4, -0.2) is 37.6 Å². The fourth-order valence-corrected chi connectivity index (χ4v) is 3.48. The number of methoxy groups -OCH3 is 2. The number of ketones is 1. The zero-order valence-corrected chi connectivity index (χ0v) is 15.7. The van der Waals surface area contributed by atoms with E-state index in [0.717, 1.165) is 6.42 Å². The molecule has 142 valence electrons. The minimum Gasteiger partial charge on any atom is -0.497 e. The van der Waals surface area contributed by atoms with Gasteiger partial charge in [0.2, 0.25) is 0 Å². The largest absolute Gasteiger partial charge is 0.497 e. The van der Waals surface area contributed by atoms with Gasteiger partial charge in [-0.2, -0.15) is 0 Å². The fourth-order valence-electron chi connectivity index (χ4n) is 3.48. The third-order valence-corrected chi connectivity index (χ3v) is 4.81. The molecule has 1 aliphatic rings. The van der Waals surface area contributed by atoms with Crippen LogP contribution in [0, 0.1) is 0 Å². The van der Waals surface area contributed by atoms with Crippen LogP contribution in [0.3, 0.4) is 0 Å². The summed E-state index contributed by atoms with van der Waals surface area (Å²) in [6, 6.07) is 11.9. The number of para-hydroxylation sites is 1. The summed E-state index contributed by atoms with van der Waals surface area (Å²) in [7, 11) is 2.98. The topological polar surface area (TPSA) is 76.1 Å². The van der Waals surface area contributed by atoms with Gasteiger partial charge in [-0.05, 0) is 24.6 Å². The molecule has 1 heterocycles. The molecular weight excluding hydrogens is 346 g/mol. The summed E-state index contributed by atoms with van der Waals surface area (Å²) in [6.45, 7) is 2.44. The van der Waals surface area contributed by atoms with Crippen LogP contribution in [-0.2, 0) is 10.4 Å². The first-order valence-electron chi connectivity index (χ1n) is 8.85. The zero-order valence-electron chi connectivity index (χ0n) is 15.7. The Morgan fingerprint density at radius 3 is 2.56 bits per heavy atom. The molecule has 1 aliphatic heterocycles. The lowest BCUT2D eigenvalue weighted by atomic mass is 9.88. The highest BCUT2D eigenvalue weighted by Gasteiger charge is 2.50. The molecule has 0 saturated carbocycles. The molecule has 27 heavy (non-hydrogen) atoms. The molecule has 3 rings (SSSR count). The number of hydrogen-bond donors (Lipinski definition) is 1. The number of carbonyl (C=O) groups is 2. The Bertz CT molecular complexity index is 879. The van der Waals surface area contributed by atoms with E-state index < -0.39 is 11.5 Å². The lowest BCUT2D eigenvalue weighted by molar-refractivity contribution is -0.135. The summed E-state index contributed by atoms with van der Waals surface area (Å²) in [5, 5.41) is 11.2. The Balaban J connectivity index is 1.97. The van der Waals surface area contributed by atoms with Crippen molar-refractivity contribution in [1.82, 2.24) is 0 Å². The van der Waals surface area contributed by atoms with E-state index in [0.29, 0.717) is 34.9 Å². The third kappa shape index (κ3) is 3.17. The average molecular weight is 369 g/mol. The molecule has 0 unspecified atom stereocenters. The van der Waals surface area contributed by atoms with Crippen molar-refractivity contribution in [2.75, 3.05) is 25.7 Å². The summed E-state index contributed by atoms with van der Waals surface area (Å²) >= 11 is 0. The summed E-state index contributed by atoms with van der Waals surface area (Å²) in [5.74, 6) is 0.0514. The Labute approximate surface area is 158 Å². The van der Waals surface area contributed by atoms with E-state index in [4.69, 9.17) is 9.47 Å². The molecule has 0 saturated heterocycles. The maximum atomic E-state index is 13.0. The van der Waals surface area contributed by atoms with Crippen molar-refractivity contribution in [3.63, 3.8) is 0 Å². The van der Waals surface area contributed by atoms with Crippen LogP contribution in [0.5, 0.6) is 11.5 Å². The van der Waals surface area contributed by atoms with E-state index in [1.54, 1.807) is 41.3 Å². The highest BCUT2D eigenvalue weighted by molar-refractivity contribution is 6.11. The molecule has 0 aromatic heterocycles. The smallest absolute Gasteiger partial charge is 0.264 e. The van der Waals surface area contributed by atoms with Gasteiger partial charge in [-0.1, -0.05) is 25.1 Å². The molecular formula is C21H23NO5. The van der Waals surface area contributed by atoms with Crippen molar-refractivity contribution in [3.8, 4) is 11.5 Å². The molecule has 0 aliphatic carbocycles. The number of amides is 1. The monoisotopic (exact) mass is 369 g/mol. The highest BCUT2D eigenvalue weighted by atomic mass is 16.5. The minimum atomic E-state index is -1.88. The Morgan fingerprint density at radius 2 is 1.89 bits per heavy atom. The summed E-state index contributed by atoms with van der Waals surface area (Å²) < 4.78 is 10.4. The maximum Gasteiger partial charge on any atom is 0.264 e. The lowest BCUT2D eigenvalue weighted by Crippen LogP contribution is -2.42. The van der Waals surface area contributed by atoms with Gasteiger partial charge < -0.3 is 19.5 Å². The van der Waals surface area contributed by atoms with Crippen molar-refractivity contribution >= 4 is 17.4 Å². The Kier molecular flexibility index (Phi) is 5.19. The second-order valence-corrected chi connectivity index (χ2v) is 6.50. The molecule has 1 atom stereocenters. The molecule has 0 radical (unpaired) electrons. The summed E-state index contributed by atoms with van der Waals surface area (Å²) in [5.41, 5.74) is -0.468. The number of rotatable bonds is 7. The molecule has 0 fully saturated rings. The van der Waals surface area contributed by atoms with Gasteiger partial charge in [-0.25, -0.2) is 0 Å². The summed E-state index contributed by atoms with van der Waals surface area (Å²) in [4.78, 5) is 27.5. The number of benzene rings is 2. The fraction of sp³-hybridized carbons (Fsp3) is 0.333. The first kappa shape index (κ1) is 18.9. The second-order valence-electron chi connectivity index (χ2n) is 6.50. The maximum absolute atomic E-state index is 13.0. The number of ether oxygens (including phenoxy) is 2. The highest BCUT2D eigenvalue weighted by Crippen LogP contribution is 2.43. The summed E-state index contributed by atoms with van der Waals surface area (Å²) in [6.07, 6.45) is 0.391. The van der Waals surface area contributed by atoms with Gasteiger partial charge in [0.25, 0.3) is 5.91 Å². The standard InChI is InChI=1S/C21H23NO5/c1-4-11-22-17-8-6-5-7-16(17)21(25,20(22)24)13-18(23)15-10-9-14(26-2)12-19(15)27-3/h5-10,12,25H,4,11,13H2,1-3H3/t21-/m1/s1. The number of hydrogen-bond acceptors (Lipinski definition) is 5. The SMILES string of the molecule is CCCN1C(=O)[C@@](O)(CC(=O)c2ccc(OC)cc2OC)c2ccccc21. The van der Waals surface area contributed by atoms with Crippen LogP contribution in [0.1, 0.15) is 35.7 Å². The van der Waals surface area contributed by atoms with Crippen molar-refractivity contribution in [1.29, 1.82) is 0 Å². The van der Waals surface area contributed by atoms with Gasteiger partial charge in [0.1, 0.15) is 11.5 Å². The van der Waals surface area contributed by atoms with E-state index in [9.17, 15) is 14.7 Å². The Hall–Kier alpha value is -2.86. The third-order valence-electron chi connectivity index (χ3n) is 4.81. The molecule has 6 heteroatoms. The molecule has 0 spiro atoms. The van der Waals surface area contributed by atoms with Crippen molar-refractivity contribution < 1.29 is 24.2 Å². The number of fused-ring (bicyclic) bond motifs is 1. The minimum absolute atomic E-state index is 0.297. The quantitative estimate of drug-likeness (QED) is 0.760. The van der Waals surface area contributed by atoms with Crippen LogP contribution < -0.4 is 14.4 Å². The average Bonchev–Trinajstić information content (AvgIpc) is 2.89. The molecule has 2 aromatic rings. The molecule has 2 aromatic carbocycles. The Morgan fingerprint density at radius 1 is 1.15 bits per heavy atom. The van der Waals surface area contributed by atoms with Gasteiger partial charge >= 0.3 is 0 Å².